The fraction of sp³-hybridized carbons (Fsp3) is 0. The van der Waals surface area contributed by atoms with Crippen molar-refractivity contribution < 1.29 is 9.42 Å². The number of anilines is 2. The first-order valence-electron chi connectivity index (χ1n) is 4.42. The summed E-state index contributed by atoms with van der Waals surface area (Å²) in [5.41, 5.74) is 5.67. The fourth-order valence-electron chi connectivity index (χ4n) is 1.13. The molecule has 1 aromatic heterocycles. The third kappa shape index (κ3) is 2.48. The summed E-state index contributed by atoms with van der Waals surface area (Å²) in [6.07, 6.45) is 0. The first kappa shape index (κ1) is 11.7. The number of nitrogens with zero attached hydrogens (tertiary/aromatic N) is 2. The minimum absolute atomic E-state index is 0.0902. The first-order chi connectivity index (χ1) is 8.08. The van der Waals surface area contributed by atoms with Gasteiger partial charge in [-0.25, -0.2) is 4.63 Å². The van der Waals surface area contributed by atoms with E-state index in [9.17, 15) is 4.79 Å². The number of nitrogen functional groups attached to an aromatic ring is 1. The lowest BCUT2D eigenvalue weighted by Crippen LogP contribution is -2.14. The molecule has 0 atom stereocenters. The van der Waals surface area contributed by atoms with Crippen molar-refractivity contribution in [2.45, 2.75) is 0 Å². The van der Waals surface area contributed by atoms with Gasteiger partial charge in [0.1, 0.15) is 0 Å². The van der Waals surface area contributed by atoms with E-state index in [1.165, 1.54) is 6.07 Å². The zero-order valence-electron chi connectivity index (χ0n) is 8.28. The van der Waals surface area contributed by atoms with E-state index in [1.54, 1.807) is 12.1 Å². The van der Waals surface area contributed by atoms with Gasteiger partial charge in [-0.05, 0) is 28.5 Å². The molecule has 0 unspecified atom stereocenters. The maximum Gasteiger partial charge on any atom is 0.281 e. The van der Waals surface area contributed by atoms with E-state index >= 15 is 0 Å². The number of hydrogen-bond donors (Lipinski definition) is 2. The smallest absolute Gasteiger partial charge is 0.281 e. The van der Waals surface area contributed by atoms with Crippen LogP contribution in [0.1, 0.15) is 10.5 Å². The van der Waals surface area contributed by atoms with Crippen molar-refractivity contribution in [3.05, 3.63) is 33.9 Å². The maximum absolute atomic E-state index is 11.7. The molecule has 1 amide bonds. The SMILES string of the molecule is Nc1nonc1C(=O)Nc1ccc(Cl)cc1Cl. The topological polar surface area (TPSA) is 94.0 Å². The van der Waals surface area contributed by atoms with Crippen LogP contribution in [0.25, 0.3) is 0 Å². The minimum atomic E-state index is -0.562. The van der Waals surface area contributed by atoms with Crippen LogP contribution in [0.3, 0.4) is 0 Å². The molecule has 1 aromatic carbocycles. The van der Waals surface area contributed by atoms with Gasteiger partial charge in [0, 0.05) is 5.02 Å². The normalized spacial score (nSPS) is 10.2. The van der Waals surface area contributed by atoms with Crippen molar-refractivity contribution >= 4 is 40.6 Å². The number of rotatable bonds is 2. The standard InChI is InChI=1S/C9H6Cl2N4O2/c10-4-1-2-6(5(11)3-4)13-9(16)7-8(12)15-17-14-7/h1-3H,(H2,12,15)(H,13,16). The molecular weight excluding hydrogens is 267 g/mol. The highest BCUT2D eigenvalue weighted by Gasteiger charge is 2.16. The van der Waals surface area contributed by atoms with Gasteiger partial charge < -0.3 is 11.1 Å². The minimum Gasteiger partial charge on any atom is -0.379 e. The van der Waals surface area contributed by atoms with E-state index in [0.717, 1.165) is 0 Å². The van der Waals surface area contributed by atoms with Gasteiger partial charge in [0.25, 0.3) is 5.91 Å². The van der Waals surface area contributed by atoms with Gasteiger partial charge in [-0.15, -0.1) is 0 Å². The van der Waals surface area contributed by atoms with Crippen molar-refractivity contribution in [3.63, 3.8) is 0 Å². The molecule has 0 aliphatic carbocycles. The van der Waals surface area contributed by atoms with Gasteiger partial charge in [-0.1, -0.05) is 23.2 Å². The van der Waals surface area contributed by atoms with Crippen LogP contribution in [-0.4, -0.2) is 16.2 Å². The highest BCUT2D eigenvalue weighted by Crippen LogP contribution is 2.25. The van der Waals surface area contributed by atoms with Crippen molar-refractivity contribution in [1.82, 2.24) is 10.3 Å². The average molecular weight is 273 g/mol. The summed E-state index contributed by atoms with van der Waals surface area (Å²) in [5.74, 6) is -0.652. The van der Waals surface area contributed by atoms with Crippen molar-refractivity contribution in [2.24, 2.45) is 0 Å². The Morgan fingerprint density at radius 2 is 2.12 bits per heavy atom. The summed E-state index contributed by atoms with van der Waals surface area (Å²) in [6.45, 7) is 0. The van der Waals surface area contributed by atoms with Gasteiger partial charge in [0.15, 0.2) is 0 Å². The Hall–Kier alpha value is -1.79. The highest BCUT2D eigenvalue weighted by atomic mass is 35.5. The molecule has 0 saturated heterocycles. The Bertz CT molecular complexity index is 570. The second-order valence-corrected chi connectivity index (χ2v) is 3.92. The van der Waals surface area contributed by atoms with Crippen molar-refractivity contribution in [2.75, 3.05) is 11.1 Å². The van der Waals surface area contributed by atoms with Crippen LogP contribution in [0.2, 0.25) is 10.0 Å². The third-order valence-corrected chi connectivity index (χ3v) is 2.46. The molecular formula is C9H6Cl2N4O2. The molecule has 17 heavy (non-hydrogen) atoms. The molecule has 0 bridgehead atoms. The lowest BCUT2D eigenvalue weighted by atomic mass is 10.3. The number of halogens is 2. The van der Waals surface area contributed by atoms with Crippen LogP contribution in [-0.2, 0) is 0 Å². The van der Waals surface area contributed by atoms with Crippen molar-refractivity contribution in [1.29, 1.82) is 0 Å². The van der Waals surface area contributed by atoms with Crippen LogP contribution in [0, 0.1) is 0 Å². The molecule has 0 aliphatic rings. The zero-order chi connectivity index (χ0) is 12.4. The predicted molar refractivity (Wildman–Crippen MR) is 63.1 cm³/mol. The first-order valence-corrected chi connectivity index (χ1v) is 5.18. The van der Waals surface area contributed by atoms with E-state index in [2.05, 4.69) is 20.3 Å². The van der Waals surface area contributed by atoms with Gasteiger partial charge in [-0.3, -0.25) is 4.79 Å². The molecule has 2 aromatic rings. The second kappa shape index (κ2) is 4.60. The summed E-state index contributed by atoms with van der Waals surface area (Å²) in [4.78, 5) is 11.7. The monoisotopic (exact) mass is 272 g/mol. The fourth-order valence-corrected chi connectivity index (χ4v) is 1.58. The Morgan fingerprint density at radius 1 is 1.35 bits per heavy atom. The Labute approximate surface area is 106 Å². The van der Waals surface area contributed by atoms with E-state index < -0.39 is 5.91 Å². The second-order valence-electron chi connectivity index (χ2n) is 3.08. The number of aromatic nitrogens is 2. The third-order valence-electron chi connectivity index (χ3n) is 1.91. The molecule has 0 radical (unpaired) electrons. The largest absolute Gasteiger partial charge is 0.379 e. The van der Waals surface area contributed by atoms with Gasteiger partial charge in [-0.2, -0.15) is 0 Å². The number of hydrogen-bond acceptors (Lipinski definition) is 5. The van der Waals surface area contributed by atoms with Gasteiger partial charge in [0.2, 0.25) is 11.5 Å². The number of nitrogens with two attached hydrogens (primary N) is 1. The number of amides is 1. The van der Waals surface area contributed by atoms with E-state index in [4.69, 9.17) is 28.9 Å². The molecule has 0 fully saturated rings. The summed E-state index contributed by atoms with van der Waals surface area (Å²) in [7, 11) is 0. The molecule has 0 aliphatic heterocycles. The summed E-state index contributed by atoms with van der Waals surface area (Å²) >= 11 is 11.6. The van der Waals surface area contributed by atoms with Crippen LogP contribution in [0.5, 0.6) is 0 Å². The zero-order valence-corrected chi connectivity index (χ0v) is 9.79. The molecule has 8 heteroatoms. The lowest BCUT2D eigenvalue weighted by Gasteiger charge is -2.05. The van der Waals surface area contributed by atoms with Gasteiger partial charge >= 0.3 is 0 Å². The quantitative estimate of drug-likeness (QED) is 0.874. The van der Waals surface area contributed by atoms with Gasteiger partial charge in [0.05, 0.1) is 10.7 Å². The number of carbonyl (C=O) groups excluding carboxylic acids is 1. The molecule has 6 nitrogen and oxygen atoms in total. The molecule has 0 spiro atoms. The summed E-state index contributed by atoms with van der Waals surface area (Å²) in [6, 6.07) is 4.66. The van der Waals surface area contributed by atoms with E-state index in [0.29, 0.717) is 15.7 Å². The van der Waals surface area contributed by atoms with Crippen molar-refractivity contribution in [3.8, 4) is 0 Å². The molecule has 2 rings (SSSR count). The molecule has 3 N–H and O–H groups in total. The van der Waals surface area contributed by atoms with Crippen LogP contribution < -0.4 is 11.1 Å². The van der Waals surface area contributed by atoms with E-state index in [1.807, 2.05) is 0 Å². The maximum atomic E-state index is 11.7. The molecule has 1 heterocycles. The lowest BCUT2D eigenvalue weighted by molar-refractivity contribution is 0.101. The van der Waals surface area contributed by atoms with Crippen LogP contribution in [0.15, 0.2) is 22.8 Å². The molecule has 88 valence electrons. The number of carbonyl (C=O) groups is 1. The average Bonchev–Trinajstić information content (AvgIpc) is 2.68. The van der Waals surface area contributed by atoms with Crippen LogP contribution in [0.4, 0.5) is 11.5 Å². The Morgan fingerprint density at radius 3 is 2.71 bits per heavy atom. The van der Waals surface area contributed by atoms with Crippen LogP contribution >= 0.6 is 23.2 Å². The molecule has 0 saturated carbocycles. The summed E-state index contributed by atoms with van der Waals surface area (Å²) < 4.78 is 4.31. The number of benzene rings is 1. The predicted octanol–water partition coefficient (Wildman–Crippen LogP) is 2.21. The Balaban J connectivity index is 2.22. The highest BCUT2D eigenvalue weighted by molar-refractivity contribution is 6.36. The van der Waals surface area contributed by atoms with E-state index in [-0.39, 0.29) is 11.5 Å². The summed E-state index contributed by atoms with van der Waals surface area (Å²) in [5, 5.41) is 9.94. The number of nitrogens with one attached hydrogen (secondary N) is 1. The Kier molecular flexibility index (Phi) is 3.16.